The molecule has 0 fully saturated rings. The van der Waals surface area contributed by atoms with Crippen LogP contribution in [-0.2, 0) is 0 Å². The number of benzene rings is 1. The van der Waals surface area contributed by atoms with Gasteiger partial charge in [0.15, 0.2) is 0 Å². The molecule has 0 amide bonds. The fourth-order valence-electron chi connectivity index (χ4n) is 3.53. The molecule has 0 aromatic heterocycles. The van der Waals surface area contributed by atoms with Crippen LogP contribution in [-0.4, -0.2) is 24.4 Å². The standard InChI is InChI=1S/C18H25NO2/c1-12-8-13(2)18-16(9-12)17(4-3-7-21-18)19-15-6-5-14(10-15)11-20/h5-6,8-9,14-15,17,19-20H,3-4,7,10-11H2,1-2H3/t14-,15+,17?/m0/s1. The van der Waals surface area contributed by atoms with Crippen LogP contribution in [0.3, 0.4) is 0 Å². The molecule has 1 aromatic carbocycles. The first-order valence-corrected chi connectivity index (χ1v) is 7.96. The number of hydrogen-bond donors (Lipinski definition) is 2. The van der Waals surface area contributed by atoms with Crippen LogP contribution in [0.1, 0.15) is 42.0 Å². The summed E-state index contributed by atoms with van der Waals surface area (Å²) in [6.45, 7) is 5.32. The summed E-state index contributed by atoms with van der Waals surface area (Å²) >= 11 is 0. The molecule has 3 rings (SSSR count). The molecule has 0 bridgehead atoms. The maximum Gasteiger partial charge on any atom is 0.126 e. The zero-order valence-corrected chi connectivity index (χ0v) is 12.9. The largest absolute Gasteiger partial charge is 0.493 e. The molecular weight excluding hydrogens is 262 g/mol. The SMILES string of the molecule is Cc1cc(C)c2c(c1)C(N[C@@H]1C=C[C@H](CO)C1)CCCO2. The van der Waals surface area contributed by atoms with Gasteiger partial charge in [-0.1, -0.05) is 29.8 Å². The lowest BCUT2D eigenvalue weighted by atomic mass is 9.96. The molecule has 2 aliphatic rings. The van der Waals surface area contributed by atoms with E-state index in [1.165, 1.54) is 16.7 Å². The van der Waals surface area contributed by atoms with Gasteiger partial charge in [0.05, 0.1) is 6.61 Å². The minimum Gasteiger partial charge on any atom is -0.493 e. The molecular formula is C18H25NO2. The van der Waals surface area contributed by atoms with Crippen LogP contribution in [0.2, 0.25) is 0 Å². The van der Waals surface area contributed by atoms with Crippen molar-refractivity contribution in [1.82, 2.24) is 5.32 Å². The fraction of sp³-hybridized carbons (Fsp3) is 0.556. The Morgan fingerprint density at radius 2 is 2.14 bits per heavy atom. The summed E-state index contributed by atoms with van der Waals surface area (Å²) in [5, 5.41) is 13.0. The van der Waals surface area contributed by atoms with Crippen LogP contribution in [0.4, 0.5) is 0 Å². The van der Waals surface area contributed by atoms with Gasteiger partial charge in [0, 0.05) is 30.2 Å². The maximum atomic E-state index is 9.27. The van der Waals surface area contributed by atoms with E-state index in [4.69, 9.17) is 4.74 Å². The van der Waals surface area contributed by atoms with E-state index in [9.17, 15) is 5.11 Å². The summed E-state index contributed by atoms with van der Waals surface area (Å²) < 4.78 is 5.97. The minimum atomic E-state index is 0.247. The van der Waals surface area contributed by atoms with Crippen molar-refractivity contribution in [2.24, 2.45) is 5.92 Å². The van der Waals surface area contributed by atoms with Gasteiger partial charge in [-0.25, -0.2) is 0 Å². The first kappa shape index (κ1) is 14.6. The van der Waals surface area contributed by atoms with E-state index in [-0.39, 0.29) is 6.61 Å². The van der Waals surface area contributed by atoms with Crippen molar-refractivity contribution in [3.63, 3.8) is 0 Å². The first-order chi connectivity index (χ1) is 10.2. The number of nitrogens with one attached hydrogen (secondary N) is 1. The van der Waals surface area contributed by atoms with E-state index in [0.717, 1.165) is 31.6 Å². The molecule has 1 aliphatic heterocycles. The lowest BCUT2D eigenvalue weighted by Gasteiger charge is -2.24. The molecule has 0 spiro atoms. The van der Waals surface area contributed by atoms with Gasteiger partial charge < -0.3 is 15.2 Å². The highest BCUT2D eigenvalue weighted by Crippen LogP contribution is 2.36. The highest BCUT2D eigenvalue weighted by Gasteiger charge is 2.26. The van der Waals surface area contributed by atoms with E-state index in [0.29, 0.717) is 18.0 Å². The van der Waals surface area contributed by atoms with E-state index >= 15 is 0 Å². The van der Waals surface area contributed by atoms with Crippen molar-refractivity contribution in [3.05, 3.63) is 41.0 Å². The zero-order valence-electron chi connectivity index (χ0n) is 12.9. The topological polar surface area (TPSA) is 41.5 Å². The molecule has 1 unspecified atom stereocenters. The second kappa shape index (κ2) is 6.20. The molecule has 3 nitrogen and oxygen atoms in total. The van der Waals surface area contributed by atoms with Crippen molar-refractivity contribution in [2.45, 2.75) is 45.2 Å². The second-order valence-electron chi connectivity index (χ2n) is 6.38. The summed E-state index contributed by atoms with van der Waals surface area (Å²) in [6, 6.07) is 5.15. The van der Waals surface area contributed by atoms with Crippen molar-refractivity contribution < 1.29 is 9.84 Å². The molecule has 21 heavy (non-hydrogen) atoms. The van der Waals surface area contributed by atoms with Crippen molar-refractivity contribution >= 4 is 0 Å². The van der Waals surface area contributed by atoms with Crippen LogP contribution in [0.15, 0.2) is 24.3 Å². The third kappa shape index (κ3) is 3.14. The minimum absolute atomic E-state index is 0.247. The smallest absolute Gasteiger partial charge is 0.126 e. The summed E-state index contributed by atoms with van der Waals surface area (Å²) in [6.07, 6.45) is 7.50. The van der Waals surface area contributed by atoms with Gasteiger partial charge in [-0.15, -0.1) is 0 Å². The van der Waals surface area contributed by atoms with Gasteiger partial charge in [0.1, 0.15) is 5.75 Å². The number of aliphatic hydroxyl groups excluding tert-OH is 1. The lowest BCUT2D eigenvalue weighted by molar-refractivity contribution is 0.244. The van der Waals surface area contributed by atoms with E-state index in [1.54, 1.807) is 0 Å². The Balaban J connectivity index is 1.82. The Labute approximate surface area is 127 Å². The quantitative estimate of drug-likeness (QED) is 0.840. The number of fused-ring (bicyclic) bond motifs is 1. The molecule has 3 atom stereocenters. The Morgan fingerprint density at radius 3 is 2.90 bits per heavy atom. The number of ether oxygens (including phenoxy) is 1. The lowest BCUT2D eigenvalue weighted by Crippen LogP contribution is -2.31. The second-order valence-corrected chi connectivity index (χ2v) is 6.38. The van der Waals surface area contributed by atoms with Crippen LogP contribution in [0.5, 0.6) is 5.75 Å². The summed E-state index contributed by atoms with van der Waals surface area (Å²) in [5.74, 6) is 1.37. The highest BCUT2D eigenvalue weighted by atomic mass is 16.5. The van der Waals surface area contributed by atoms with Crippen LogP contribution in [0, 0.1) is 19.8 Å². The van der Waals surface area contributed by atoms with Crippen molar-refractivity contribution in [3.8, 4) is 5.75 Å². The third-order valence-electron chi connectivity index (χ3n) is 4.53. The van der Waals surface area contributed by atoms with Gasteiger partial charge in [-0.3, -0.25) is 0 Å². The van der Waals surface area contributed by atoms with Gasteiger partial charge >= 0.3 is 0 Å². The molecule has 2 N–H and O–H groups in total. The Bertz CT molecular complexity index is 538. The van der Waals surface area contributed by atoms with Crippen LogP contribution in [0.25, 0.3) is 0 Å². The fourth-order valence-corrected chi connectivity index (χ4v) is 3.53. The van der Waals surface area contributed by atoms with Crippen molar-refractivity contribution in [2.75, 3.05) is 13.2 Å². The number of rotatable bonds is 3. The van der Waals surface area contributed by atoms with E-state index < -0.39 is 0 Å². The average Bonchev–Trinajstić information content (AvgIpc) is 2.81. The predicted molar refractivity (Wildman–Crippen MR) is 84.6 cm³/mol. The zero-order chi connectivity index (χ0) is 14.8. The molecule has 0 radical (unpaired) electrons. The van der Waals surface area contributed by atoms with Gasteiger partial charge in [0.25, 0.3) is 0 Å². The molecule has 1 heterocycles. The third-order valence-corrected chi connectivity index (χ3v) is 4.53. The summed E-state index contributed by atoms with van der Waals surface area (Å²) in [7, 11) is 0. The summed E-state index contributed by atoms with van der Waals surface area (Å²) in [4.78, 5) is 0. The predicted octanol–water partition coefficient (Wildman–Crippen LogP) is 3.04. The molecule has 1 aliphatic carbocycles. The van der Waals surface area contributed by atoms with E-state index in [1.807, 2.05) is 0 Å². The Morgan fingerprint density at radius 1 is 1.29 bits per heavy atom. The molecule has 3 heteroatoms. The number of aryl methyl sites for hydroxylation is 2. The van der Waals surface area contributed by atoms with Crippen molar-refractivity contribution in [1.29, 1.82) is 0 Å². The normalized spacial score (nSPS) is 28.0. The van der Waals surface area contributed by atoms with Crippen LogP contribution >= 0.6 is 0 Å². The molecule has 0 saturated carbocycles. The summed E-state index contributed by atoms with van der Waals surface area (Å²) in [5.41, 5.74) is 3.82. The van der Waals surface area contributed by atoms with E-state index in [2.05, 4.69) is 43.4 Å². The average molecular weight is 287 g/mol. The van der Waals surface area contributed by atoms with Crippen LogP contribution < -0.4 is 10.1 Å². The molecule has 1 aromatic rings. The first-order valence-electron chi connectivity index (χ1n) is 7.96. The molecule has 0 saturated heterocycles. The monoisotopic (exact) mass is 287 g/mol. The Kier molecular flexibility index (Phi) is 4.32. The molecule has 114 valence electrons. The number of hydrogen-bond acceptors (Lipinski definition) is 3. The maximum absolute atomic E-state index is 9.27. The van der Waals surface area contributed by atoms with Gasteiger partial charge in [-0.05, 0) is 38.7 Å². The van der Waals surface area contributed by atoms with Gasteiger partial charge in [0.2, 0.25) is 0 Å². The number of aliphatic hydroxyl groups is 1. The Hall–Kier alpha value is -1.32. The van der Waals surface area contributed by atoms with Gasteiger partial charge in [-0.2, -0.15) is 0 Å². The highest BCUT2D eigenvalue weighted by molar-refractivity contribution is 5.46.